The van der Waals surface area contributed by atoms with Crippen LogP contribution < -0.4 is 9.64 Å². The normalized spacial score (nSPS) is 14.3. The molecule has 1 saturated heterocycles. The third-order valence-corrected chi connectivity index (χ3v) is 4.76. The van der Waals surface area contributed by atoms with Gasteiger partial charge in [-0.3, -0.25) is 9.59 Å². The molecule has 0 aromatic heterocycles. The Balaban J connectivity index is 1.70. The second-order valence-electron chi connectivity index (χ2n) is 5.79. The lowest BCUT2D eigenvalue weighted by molar-refractivity contribution is -0.117. The summed E-state index contributed by atoms with van der Waals surface area (Å²) in [7, 11) is 1.61. The van der Waals surface area contributed by atoms with Crippen LogP contribution in [0.2, 0.25) is 0 Å². The van der Waals surface area contributed by atoms with Crippen LogP contribution in [0, 0.1) is 0 Å². The maximum absolute atomic E-state index is 12.3. The van der Waals surface area contributed by atoms with E-state index >= 15 is 0 Å². The second kappa shape index (κ2) is 7.66. The monoisotopic (exact) mass is 399 g/mol. The number of carbonyl (C=O) groups excluding carboxylic acids is 2. The number of amides is 1. The molecule has 128 valence electrons. The van der Waals surface area contributed by atoms with Gasteiger partial charge in [-0.2, -0.15) is 0 Å². The van der Waals surface area contributed by atoms with Crippen LogP contribution >= 0.6 is 15.9 Å². The minimum Gasteiger partial charge on any atom is -0.496 e. The molecule has 0 bridgehead atoms. The van der Waals surface area contributed by atoms with Crippen molar-refractivity contribution in [3.05, 3.63) is 64.1 Å². The van der Waals surface area contributed by atoms with E-state index in [9.17, 15) is 9.59 Å². The van der Waals surface area contributed by atoms with Crippen LogP contribution in [0.3, 0.4) is 0 Å². The number of ether oxygens (including phenoxy) is 1. The summed E-state index contributed by atoms with van der Waals surface area (Å²) in [4.78, 5) is 25.8. The van der Waals surface area contributed by atoms with Crippen molar-refractivity contribution in [2.45, 2.75) is 12.8 Å². The van der Waals surface area contributed by atoms with Crippen molar-refractivity contribution >= 4 is 39.4 Å². The van der Waals surface area contributed by atoms with E-state index in [1.807, 2.05) is 30.3 Å². The molecular weight excluding hydrogens is 382 g/mol. The van der Waals surface area contributed by atoms with Crippen molar-refractivity contribution in [2.24, 2.45) is 0 Å². The highest BCUT2D eigenvalue weighted by atomic mass is 79.9. The zero-order chi connectivity index (χ0) is 17.8. The summed E-state index contributed by atoms with van der Waals surface area (Å²) in [6.45, 7) is 0.748. The fourth-order valence-electron chi connectivity index (χ4n) is 2.78. The topological polar surface area (TPSA) is 46.6 Å². The van der Waals surface area contributed by atoms with Gasteiger partial charge in [0.25, 0.3) is 0 Å². The number of carbonyl (C=O) groups is 2. The molecule has 0 radical (unpaired) electrons. The predicted molar refractivity (Wildman–Crippen MR) is 102 cm³/mol. The number of methoxy groups -OCH3 is 1. The molecule has 25 heavy (non-hydrogen) atoms. The highest BCUT2D eigenvalue weighted by molar-refractivity contribution is 9.10. The Kier molecular flexibility index (Phi) is 5.34. The summed E-state index contributed by atoms with van der Waals surface area (Å²) in [5, 5.41) is 0. The Morgan fingerprint density at radius 3 is 2.56 bits per heavy atom. The average Bonchev–Trinajstić information content (AvgIpc) is 3.06. The lowest BCUT2D eigenvalue weighted by Gasteiger charge is -2.15. The zero-order valence-electron chi connectivity index (χ0n) is 13.9. The molecule has 0 spiro atoms. The fraction of sp³-hybridized carbons (Fsp3) is 0.200. The molecular formula is C20H18BrNO3. The highest BCUT2D eigenvalue weighted by Crippen LogP contribution is 2.26. The number of hydrogen-bond acceptors (Lipinski definition) is 3. The first-order valence-corrected chi connectivity index (χ1v) is 8.84. The maximum Gasteiger partial charge on any atom is 0.227 e. The van der Waals surface area contributed by atoms with Crippen molar-refractivity contribution in [1.29, 1.82) is 0 Å². The van der Waals surface area contributed by atoms with Gasteiger partial charge in [0, 0.05) is 24.2 Å². The lowest BCUT2D eigenvalue weighted by atomic mass is 10.1. The Morgan fingerprint density at radius 2 is 1.96 bits per heavy atom. The van der Waals surface area contributed by atoms with E-state index in [4.69, 9.17) is 4.74 Å². The molecule has 2 aromatic carbocycles. The number of ketones is 1. The first-order valence-electron chi connectivity index (χ1n) is 8.05. The van der Waals surface area contributed by atoms with Gasteiger partial charge in [-0.05, 0) is 70.4 Å². The molecule has 0 atom stereocenters. The Labute approximate surface area is 155 Å². The predicted octanol–water partition coefficient (Wildman–Crippen LogP) is 4.48. The number of nitrogens with zero attached hydrogens (tertiary/aromatic N) is 1. The van der Waals surface area contributed by atoms with Gasteiger partial charge in [-0.25, -0.2) is 0 Å². The lowest BCUT2D eigenvalue weighted by Crippen LogP contribution is -2.23. The minimum atomic E-state index is -0.0776. The van der Waals surface area contributed by atoms with E-state index in [2.05, 4.69) is 15.9 Å². The van der Waals surface area contributed by atoms with Crippen LogP contribution in [-0.4, -0.2) is 25.3 Å². The summed E-state index contributed by atoms with van der Waals surface area (Å²) in [6, 6.07) is 12.8. The standard InChI is InChI=1S/C20H18BrNO3/c1-25-19-11-5-14(13-17(19)21)4-10-18(23)15-6-8-16(9-7-15)22-12-2-3-20(22)24/h4-11,13H,2-3,12H2,1H3/b10-4+. The number of rotatable bonds is 5. The molecule has 0 saturated carbocycles. The summed E-state index contributed by atoms with van der Waals surface area (Å²) in [6.07, 6.45) is 4.80. The molecule has 1 heterocycles. The molecule has 1 aliphatic heterocycles. The Morgan fingerprint density at radius 1 is 1.20 bits per heavy atom. The number of benzene rings is 2. The van der Waals surface area contributed by atoms with E-state index in [1.165, 1.54) is 0 Å². The maximum atomic E-state index is 12.3. The zero-order valence-corrected chi connectivity index (χ0v) is 15.5. The van der Waals surface area contributed by atoms with Crippen LogP contribution in [0.4, 0.5) is 5.69 Å². The number of halogens is 1. The number of hydrogen-bond donors (Lipinski definition) is 0. The largest absolute Gasteiger partial charge is 0.496 e. The van der Waals surface area contributed by atoms with Gasteiger partial charge in [0.2, 0.25) is 5.91 Å². The summed E-state index contributed by atoms with van der Waals surface area (Å²) >= 11 is 3.43. The van der Waals surface area contributed by atoms with Gasteiger partial charge in [0.1, 0.15) is 5.75 Å². The van der Waals surface area contributed by atoms with Gasteiger partial charge < -0.3 is 9.64 Å². The first kappa shape index (κ1) is 17.4. The van der Waals surface area contributed by atoms with Gasteiger partial charge >= 0.3 is 0 Å². The van der Waals surface area contributed by atoms with Crippen LogP contribution in [-0.2, 0) is 4.79 Å². The molecule has 0 unspecified atom stereocenters. The van der Waals surface area contributed by atoms with Crippen molar-refractivity contribution in [3.8, 4) is 5.75 Å². The van der Waals surface area contributed by atoms with Crippen molar-refractivity contribution < 1.29 is 14.3 Å². The van der Waals surface area contributed by atoms with Crippen LogP contribution in [0.5, 0.6) is 5.75 Å². The molecule has 5 heteroatoms. The van der Waals surface area contributed by atoms with Gasteiger partial charge in [-0.1, -0.05) is 12.1 Å². The molecule has 0 N–H and O–H groups in total. The first-order chi connectivity index (χ1) is 12.1. The van der Waals surface area contributed by atoms with E-state index in [0.29, 0.717) is 12.0 Å². The summed E-state index contributed by atoms with van der Waals surface area (Å²) in [5.41, 5.74) is 2.35. The van der Waals surface area contributed by atoms with Gasteiger partial charge in [0.05, 0.1) is 11.6 Å². The van der Waals surface area contributed by atoms with Crippen molar-refractivity contribution in [3.63, 3.8) is 0 Å². The molecule has 1 fully saturated rings. The molecule has 1 aliphatic rings. The van der Waals surface area contributed by atoms with E-state index < -0.39 is 0 Å². The molecule has 3 rings (SSSR count). The van der Waals surface area contributed by atoms with E-state index in [0.717, 1.165) is 34.4 Å². The quantitative estimate of drug-likeness (QED) is 0.549. The molecule has 1 amide bonds. The highest BCUT2D eigenvalue weighted by Gasteiger charge is 2.21. The third-order valence-electron chi connectivity index (χ3n) is 4.14. The van der Waals surface area contributed by atoms with E-state index in [1.54, 1.807) is 36.3 Å². The van der Waals surface area contributed by atoms with Crippen LogP contribution in [0.25, 0.3) is 6.08 Å². The second-order valence-corrected chi connectivity index (χ2v) is 6.64. The number of allylic oxidation sites excluding steroid dienone is 1. The molecule has 0 aliphatic carbocycles. The van der Waals surface area contributed by atoms with Crippen molar-refractivity contribution in [1.82, 2.24) is 0 Å². The van der Waals surface area contributed by atoms with Gasteiger partial charge in [0.15, 0.2) is 5.78 Å². The summed E-state index contributed by atoms with van der Waals surface area (Å²) in [5.74, 6) is 0.811. The van der Waals surface area contributed by atoms with Crippen LogP contribution in [0.1, 0.15) is 28.8 Å². The van der Waals surface area contributed by atoms with E-state index in [-0.39, 0.29) is 11.7 Å². The Bertz CT molecular complexity index is 827. The summed E-state index contributed by atoms with van der Waals surface area (Å²) < 4.78 is 6.03. The molecule has 4 nitrogen and oxygen atoms in total. The van der Waals surface area contributed by atoms with Gasteiger partial charge in [-0.15, -0.1) is 0 Å². The van der Waals surface area contributed by atoms with Crippen molar-refractivity contribution in [2.75, 3.05) is 18.6 Å². The fourth-order valence-corrected chi connectivity index (χ4v) is 3.34. The molecule has 2 aromatic rings. The van der Waals surface area contributed by atoms with Crippen LogP contribution in [0.15, 0.2) is 53.0 Å². The Hall–Kier alpha value is -2.40. The third kappa shape index (κ3) is 3.99. The minimum absolute atomic E-state index is 0.0776. The smallest absolute Gasteiger partial charge is 0.227 e. The number of anilines is 1. The average molecular weight is 400 g/mol. The SMILES string of the molecule is COc1ccc(/C=C/C(=O)c2ccc(N3CCCC3=O)cc2)cc1Br.